The Bertz CT molecular complexity index is 821. The molecule has 0 unspecified atom stereocenters. The number of pyridine rings is 1. The number of carbonyl (C=O) groups excluding carboxylic acids is 1. The van der Waals surface area contributed by atoms with Crippen molar-refractivity contribution in [1.82, 2.24) is 4.98 Å². The molecule has 3 aromatic rings. The highest BCUT2D eigenvalue weighted by Crippen LogP contribution is 2.20. The van der Waals surface area contributed by atoms with Crippen molar-refractivity contribution in [2.75, 3.05) is 10.6 Å². The predicted octanol–water partition coefficient (Wildman–Crippen LogP) is 4.22. The van der Waals surface area contributed by atoms with Crippen LogP contribution in [0.5, 0.6) is 0 Å². The normalized spacial score (nSPS) is 10.1. The molecule has 4 nitrogen and oxygen atoms in total. The number of benzene rings is 2. The average Bonchev–Trinajstić information content (AvgIpc) is 2.58. The minimum atomic E-state index is -0.361. The highest BCUT2D eigenvalue weighted by molar-refractivity contribution is 6.03. The van der Waals surface area contributed by atoms with E-state index in [4.69, 9.17) is 0 Å². The molecule has 1 aromatic heterocycles. The van der Waals surface area contributed by atoms with E-state index in [0.717, 1.165) is 0 Å². The maximum Gasteiger partial charge on any atom is 0.274 e. The third-order valence-corrected chi connectivity index (χ3v) is 3.18. The van der Waals surface area contributed by atoms with Crippen LogP contribution in [0.1, 0.15) is 10.5 Å². The van der Waals surface area contributed by atoms with Crippen LogP contribution in [0.4, 0.5) is 21.5 Å². The minimum Gasteiger partial charge on any atom is -0.353 e. The van der Waals surface area contributed by atoms with Crippen molar-refractivity contribution in [2.45, 2.75) is 0 Å². The maximum atomic E-state index is 13.7. The van der Waals surface area contributed by atoms with Crippen molar-refractivity contribution < 1.29 is 9.18 Å². The summed E-state index contributed by atoms with van der Waals surface area (Å²) in [5.41, 5.74) is 1.86. The number of carbonyl (C=O) groups is 1. The first kappa shape index (κ1) is 14.7. The fourth-order valence-electron chi connectivity index (χ4n) is 2.07. The van der Waals surface area contributed by atoms with Gasteiger partial charge in [-0.15, -0.1) is 0 Å². The quantitative estimate of drug-likeness (QED) is 0.759. The van der Waals surface area contributed by atoms with Crippen molar-refractivity contribution in [2.24, 2.45) is 0 Å². The van der Waals surface area contributed by atoms with Gasteiger partial charge in [-0.2, -0.15) is 0 Å². The molecule has 0 saturated heterocycles. The molecule has 0 aliphatic carbocycles. The summed E-state index contributed by atoms with van der Waals surface area (Å²) >= 11 is 0. The summed E-state index contributed by atoms with van der Waals surface area (Å²) in [5.74, 6) is -0.687. The molecule has 0 radical (unpaired) electrons. The van der Waals surface area contributed by atoms with Crippen LogP contribution in [0.25, 0.3) is 0 Å². The molecule has 0 fully saturated rings. The van der Waals surface area contributed by atoms with E-state index in [1.165, 1.54) is 12.3 Å². The van der Waals surface area contributed by atoms with Gasteiger partial charge in [-0.25, -0.2) is 4.39 Å². The molecular formula is C18H14FN3O. The molecule has 3 rings (SSSR count). The second-order valence-electron chi connectivity index (χ2n) is 4.85. The number of rotatable bonds is 4. The van der Waals surface area contributed by atoms with E-state index in [-0.39, 0.29) is 17.4 Å². The van der Waals surface area contributed by atoms with Crippen LogP contribution in [0.2, 0.25) is 0 Å². The summed E-state index contributed by atoms with van der Waals surface area (Å²) in [6, 6.07) is 18.7. The summed E-state index contributed by atoms with van der Waals surface area (Å²) in [6.07, 6.45) is 1.50. The second kappa shape index (κ2) is 6.70. The summed E-state index contributed by atoms with van der Waals surface area (Å²) < 4.78 is 13.7. The molecule has 0 saturated carbocycles. The zero-order valence-corrected chi connectivity index (χ0v) is 12.2. The Balaban J connectivity index is 1.77. The van der Waals surface area contributed by atoms with Crippen LogP contribution in [0.3, 0.4) is 0 Å². The molecule has 114 valence electrons. The SMILES string of the molecule is O=C(Nc1ccccc1)c1cc(Nc2ccccc2F)ccn1. The van der Waals surface area contributed by atoms with Gasteiger partial charge in [-0.3, -0.25) is 9.78 Å². The highest BCUT2D eigenvalue weighted by atomic mass is 19.1. The molecule has 0 bridgehead atoms. The average molecular weight is 307 g/mol. The van der Waals surface area contributed by atoms with Gasteiger partial charge in [0, 0.05) is 17.6 Å². The van der Waals surface area contributed by atoms with Crippen molar-refractivity contribution in [3.05, 3.63) is 84.4 Å². The standard InChI is InChI=1S/C18H14FN3O/c19-15-8-4-5-9-16(15)21-14-10-11-20-17(12-14)18(23)22-13-6-2-1-3-7-13/h1-12H,(H,20,21)(H,22,23). The number of amides is 1. The number of nitrogens with one attached hydrogen (secondary N) is 2. The van der Waals surface area contributed by atoms with Crippen LogP contribution >= 0.6 is 0 Å². The lowest BCUT2D eigenvalue weighted by atomic mass is 10.2. The molecule has 0 aliphatic heterocycles. The van der Waals surface area contributed by atoms with Gasteiger partial charge >= 0.3 is 0 Å². The summed E-state index contributed by atoms with van der Waals surface area (Å²) in [4.78, 5) is 16.3. The zero-order valence-electron chi connectivity index (χ0n) is 12.2. The Labute approximate surface area is 133 Å². The van der Waals surface area contributed by atoms with Crippen LogP contribution < -0.4 is 10.6 Å². The monoisotopic (exact) mass is 307 g/mol. The molecule has 5 heteroatoms. The number of nitrogens with zero attached hydrogens (tertiary/aromatic N) is 1. The maximum absolute atomic E-state index is 13.7. The van der Waals surface area contributed by atoms with Gasteiger partial charge in [-0.1, -0.05) is 30.3 Å². The van der Waals surface area contributed by atoms with Crippen LogP contribution in [-0.2, 0) is 0 Å². The topological polar surface area (TPSA) is 54.0 Å². The number of para-hydroxylation sites is 2. The van der Waals surface area contributed by atoms with Gasteiger partial charge < -0.3 is 10.6 Å². The highest BCUT2D eigenvalue weighted by Gasteiger charge is 2.09. The Kier molecular flexibility index (Phi) is 4.29. The van der Waals surface area contributed by atoms with Crippen LogP contribution in [-0.4, -0.2) is 10.9 Å². The number of aromatic nitrogens is 1. The molecule has 0 atom stereocenters. The van der Waals surface area contributed by atoms with E-state index in [9.17, 15) is 9.18 Å². The molecule has 1 heterocycles. The lowest BCUT2D eigenvalue weighted by Crippen LogP contribution is -2.13. The van der Waals surface area contributed by atoms with Crippen LogP contribution in [0.15, 0.2) is 72.9 Å². The number of halogens is 1. The Morgan fingerprint density at radius 1 is 0.913 bits per heavy atom. The predicted molar refractivity (Wildman–Crippen MR) is 88.3 cm³/mol. The fraction of sp³-hybridized carbons (Fsp3) is 0. The molecule has 2 aromatic carbocycles. The Morgan fingerprint density at radius 3 is 2.43 bits per heavy atom. The van der Waals surface area contributed by atoms with Gasteiger partial charge in [-0.05, 0) is 36.4 Å². The number of hydrogen-bond acceptors (Lipinski definition) is 3. The second-order valence-corrected chi connectivity index (χ2v) is 4.85. The minimum absolute atomic E-state index is 0.246. The van der Waals surface area contributed by atoms with Gasteiger partial charge in [0.1, 0.15) is 11.5 Å². The third-order valence-electron chi connectivity index (χ3n) is 3.18. The molecule has 2 N–H and O–H groups in total. The van der Waals surface area contributed by atoms with E-state index in [0.29, 0.717) is 17.1 Å². The number of hydrogen-bond donors (Lipinski definition) is 2. The van der Waals surface area contributed by atoms with Gasteiger partial charge in [0.2, 0.25) is 0 Å². The lowest BCUT2D eigenvalue weighted by molar-refractivity contribution is 0.102. The molecule has 0 spiro atoms. The largest absolute Gasteiger partial charge is 0.353 e. The van der Waals surface area contributed by atoms with Crippen molar-refractivity contribution in [3.63, 3.8) is 0 Å². The van der Waals surface area contributed by atoms with E-state index >= 15 is 0 Å². The van der Waals surface area contributed by atoms with E-state index in [2.05, 4.69) is 15.6 Å². The van der Waals surface area contributed by atoms with E-state index < -0.39 is 0 Å². The van der Waals surface area contributed by atoms with Gasteiger partial charge in [0.25, 0.3) is 5.91 Å². The fourth-order valence-corrected chi connectivity index (χ4v) is 2.07. The Morgan fingerprint density at radius 2 is 1.65 bits per heavy atom. The van der Waals surface area contributed by atoms with Crippen molar-refractivity contribution >= 4 is 23.0 Å². The third kappa shape index (κ3) is 3.71. The van der Waals surface area contributed by atoms with E-state index in [1.54, 1.807) is 42.5 Å². The van der Waals surface area contributed by atoms with Crippen molar-refractivity contribution in [3.8, 4) is 0 Å². The summed E-state index contributed by atoms with van der Waals surface area (Å²) in [6.45, 7) is 0. The smallest absolute Gasteiger partial charge is 0.274 e. The molecule has 23 heavy (non-hydrogen) atoms. The zero-order chi connectivity index (χ0) is 16.1. The lowest BCUT2D eigenvalue weighted by Gasteiger charge is -2.09. The van der Waals surface area contributed by atoms with Crippen LogP contribution in [0, 0.1) is 5.82 Å². The molecule has 1 amide bonds. The Hall–Kier alpha value is -3.21. The number of anilines is 3. The summed E-state index contributed by atoms with van der Waals surface area (Å²) in [7, 11) is 0. The first-order valence-corrected chi connectivity index (χ1v) is 7.06. The van der Waals surface area contributed by atoms with E-state index in [1.807, 2.05) is 18.2 Å². The summed E-state index contributed by atoms with van der Waals surface area (Å²) in [5, 5.41) is 5.69. The molecule has 0 aliphatic rings. The molecular weight excluding hydrogens is 293 g/mol. The van der Waals surface area contributed by atoms with Gasteiger partial charge in [0.15, 0.2) is 0 Å². The first-order chi connectivity index (χ1) is 11.2. The van der Waals surface area contributed by atoms with Crippen molar-refractivity contribution in [1.29, 1.82) is 0 Å². The van der Waals surface area contributed by atoms with Gasteiger partial charge in [0.05, 0.1) is 5.69 Å². The first-order valence-electron chi connectivity index (χ1n) is 7.06.